The lowest BCUT2D eigenvalue weighted by molar-refractivity contribution is 0.0485. The molecule has 1 unspecified atom stereocenters. The maximum atomic E-state index is 6.03. The fourth-order valence-corrected chi connectivity index (χ4v) is 3.76. The minimum atomic E-state index is 0.0524. The van der Waals surface area contributed by atoms with E-state index in [-0.39, 0.29) is 11.6 Å². The van der Waals surface area contributed by atoms with Gasteiger partial charge in [0.25, 0.3) is 0 Å². The van der Waals surface area contributed by atoms with Crippen LogP contribution in [-0.4, -0.2) is 23.5 Å². The standard InChI is InChI=1S/C18H33N3/c1-7-18(8-2,21(9-3)10-4)17(20-19)16-13-11-12-14(5)15(16)6/h11-13,17,20H,7-10,19H2,1-6H3. The van der Waals surface area contributed by atoms with Gasteiger partial charge in [0.2, 0.25) is 0 Å². The molecule has 3 heteroatoms. The lowest BCUT2D eigenvalue weighted by Gasteiger charge is -2.48. The number of aryl methyl sites for hydroxylation is 1. The van der Waals surface area contributed by atoms with Crippen LogP contribution in [0, 0.1) is 13.8 Å². The summed E-state index contributed by atoms with van der Waals surface area (Å²) in [4.78, 5) is 2.55. The number of nitrogens with two attached hydrogens (primary N) is 1. The van der Waals surface area contributed by atoms with Crippen molar-refractivity contribution in [3.8, 4) is 0 Å². The number of likely N-dealkylation sites (N-methyl/N-ethyl adjacent to an activating group) is 1. The predicted molar refractivity (Wildman–Crippen MR) is 92.2 cm³/mol. The molecule has 0 saturated carbocycles. The molecule has 0 bridgehead atoms. The summed E-state index contributed by atoms with van der Waals surface area (Å²) in [5.41, 5.74) is 7.19. The van der Waals surface area contributed by atoms with Crippen molar-refractivity contribution in [2.45, 2.75) is 66.0 Å². The molecular weight excluding hydrogens is 258 g/mol. The third-order valence-electron chi connectivity index (χ3n) is 5.28. The van der Waals surface area contributed by atoms with Gasteiger partial charge in [-0.15, -0.1) is 0 Å². The Bertz CT molecular complexity index is 434. The third kappa shape index (κ3) is 3.31. The maximum Gasteiger partial charge on any atom is 0.0646 e. The second kappa shape index (κ2) is 7.92. The van der Waals surface area contributed by atoms with Crippen LogP contribution in [0.4, 0.5) is 0 Å². The first kappa shape index (κ1) is 18.1. The van der Waals surface area contributed by atoms with Crippen molar-refractivity contribution in [2.24, 2.45) is 5.84 Å². The third-order valence-corrected chi connectivity index (χ3v) is 5.28. The van der Waals surface area contributed by atoms with E-state index in [9.17, 15) is 0 Å². The molecule has 0 aliphatic rings. The van der Waals surface area contributed by atoms with Crippen molar-refractivity contribution in [1.29, 1.82) is 0 Å². The highest BCUT2D eigenvalue weighted by molar-refractivity contribution is 5.37. The van der Waals surface area contributed by atoms with Gasteiger partial charge >= 0.3 is 0 Å². The summed E-state index contributed by atoms with van der Waals surface area (Å²) in [5.74, 6) is 6.03. The molecule has 0 heterocycles. The summed E-state index contributed by atoms with van der Waals surface area (Å²) >= 11 is 0. The molecule has 3 nitrogen and oxygen atoms in total. The molecule has 0 saturated heterocycles. The highest BCUT2D eigenvalue weighted by atomic mass is 15.3. The van der Waals surface area contributed by atoms with Gasteiger partial charge in [-0.1, -0.05) is 45.9 Å². The fraction of sp³-hybridized carbons (Fsp3) is 0.667. The lowest BCUT2D eigenvalue weighted by Crippen LogP contribution is -2.57. The van der Waals surface area contributed by atoms with Crippen LogP contribution in [0.15, 0.2) is 18.2 Å². The molecule has 1 aromatic rings. The van der Waals surface area contributed by atoms with E-state index in [0.29, 0.717) is 0 Å². The van der Waals surface area contributed by atoms with Crippen molar-refractivity contribution in [1.82, 2.24) is 10.3 Å². The lowest BCUT2D eigenvalue weighted by atomic mass is 9.77. The van der Waals surface area contributed by atoms with Gasteiger partial charge in [-0.25, -0.2) is 0 Å². The molecule has 0 aromatic heterocycles. The zero-order valence-electron chi connectivity index (χ0n) is 14.7. The van der Waals surface area contributed by atoms with Crippen LogP contribution in [0.25, 0.3) is 0 Å². The van der Waals surface area contributed by atoms with Gasteiger partial charge in [0.05, 0.1) is 6.04 Å². The van der Waals surface area contributed by atoms with Crippen molar-refractivity contribution < 1.29 is 0 Å². The smallest absolute Gasteiger partial charge is 0.0646 e. The van der Waals surface area contributed by atoms with Crippen LogP contribution in [0.3, 0.4) is 0 Å². The average Bonchev–Trinajstić information content (AvgIpc) is 2.51. The van der Waals surface area contributed by atoms with Crippen molar-refractivity contribution >= 4 is 0 Å². The van der Waals surface area contributed by atoms with Gasteiger partial charge in [-0.3, -0.25) is 16.2 Å². The van der Waals surface area contributed by atoms with E-state index in [1.165, 1.54) is 16.7 Å². The summed E-state index contributed by atoms with van der Waals surface area (Å²) < 4.78 is 0. The Morgan fingerprint density at radius 2 is 1.67 bits per heavy atom. The van der Waals surface area contributed by atoms with E-state index >= 15 is 0 Å². The van der Waals surface area contributed by atoms with Crippen LogP contribution in [0.1, 0.15) is 63.3 Å². The minimum Gasteiger partial charge on any atom is -0.296 e. The Morgan fingerprint density at radius 1 is 1.10 bits per heavy atom. The number of rotatable bonds is 8. The maximum absolute atomic E-state index is 6.03. The number of nitrogens with zero attached hydrogens (tertiary/aromatic N) is 1. The topological polar surface area (TPSA) is 41.3 Å². The van der Waals surface area contributed by atoms with Crippen molar-refractivity contribution in [2.75, 3.05) is 13.1 Å². The normalized spacial score (nSPS) is 13.7. The molecule has 21 heavy (non-hydrogen) atoms. The average molecular weight is 291 g/mol. The summed E-state index contributed by atoms with van der Waals surface area (Å²) in [7, 11) is 0. The summed E-state index contributed by atoms with van der Waals surface area (Å²) in [6.45, 7) is 15.5. The van der Waals surface area contributed by atoms with Gasteiger partial charge in [-0.2, -0.15) is 0 Å². The number of hydrogen-bond acceptors (Lipinski definition) is 3. The van der Waals surface area contributed by atoms with Gasteiger partial charge in [0, 0.05) is 5.54 Å². The molecular formula is C18H33N3. The molecule has 0 aliphatic heterocycles. The van der Waals surface area contributed by atoms with E-state index < -0.39 is 0 Å². The number of hydrogen-bond donors (Lipinski definition) is 2. The van der Waals surface area contributed by atoms with Gasteiger partial charge in [0.1, 0.15) is 0 Å². The highest BCUT2D eigenvalue weighted by Gasteiger charge is 2.40. The van der Waals surface area contributed by atoms with Crippen LogP contribution in [0.2, 0.25) is 0 Å². The Kier molecular flexibility index (Phi) is 6.85. The van der Waals surface area contributed by atoms with E-state index in [2.05, 4.69) is 70.1 Å². The van der Waals surface area contributed by atoms with Crippen LogP contribution < -0.4 is 11.3 Å². The quantitative estimate of drug-likeness (QED) is 0.567. The number of nitrogens with one attached hydrogen (secondary N) is 1. The molecule has 0 spiro atoms. The first-order valence-corrected chi connectivity index (χ1v) is 8.29. The van der Waals surface area contributed by atoms with Gasteiger partial charge in [0.15, 0.2) is 0 Å². The summed E-state index contributed by atoms with van der Waals surface area (Å²) in [5, 5.41) is 0. The molecule has 0 amide bonds. The largest absolute Gasteiger partial charge is 0.296 e. The molecule has 3 N–H and O–H groups in total. The number of benzene rings is 1. The molecule has 1 aromatic carbocycles. The van der Waals surface area contributed by atoms with E-state index in [0.717, 1.165) is 25.9 Å². The van der Waals surface area contributed by atoms with E-state index in [4.69, 9.17) is 5.84 Å². The Morgan fingerprint density at radius 3 is 2.10 bits per heavy atom. The summed E-state index contributed by atoms with van der Waals surface area (Å²) in [6.07, 6.45) is 2.15. The molecule has 120 valence electrons. The van der Waals surface area contributed by atoms with Crippen LogP contribution in [0.5, 0.6) is 0 Å². The Hall–Kier alpha value is -0.900. The molecule has 0 aliphatic carbocycles. The second-order valence-electron chi connectivity index (χ2n) is 5.87. The first-order valence-electron chi connectivity index (χ1n) is 8.29. The Labute approximate surface area is 130 Å². The fourth-order valence-electron chi connectivity index (χ4n) is 3.76. The zero-order chi connectivity index (χ0) is 16.0. The Balaban J connectivity index is 3.41. The molecule has 0 fully saturated rings. The molecule has 1 atom stereocenters. The first-order chi connectivity index (χ1) is 10.0. The van der Waals surface area contributed by atoms with E-state index in [1.54, 1.807) is 0 Å². The summed E-state index contributed by atoms with van der Waals surface area (Å²) in [6, 6.07) is 6.67. The highest BCUT2D eigenvalue weighted by Crippen LogP contribution is 2.38. The minimum absolute atomic E-state index is 0.0524. The molecule has 1 rings (SSSR count). The van der Waals surface area contributed by atoms with Crippen LogP contribution >= 0.6 is 0 Å². The van der Waals surface area contributed by atoms with Gasteiger partial charge < -0.3 is 0 Å². The monoisotopic (exact) mass is 291 g/mol. The predicted octanol–water partition coefficient (Wildman–Crippen LogP) is 3.71. The van der Waals surface area contributed by atoms with Crippen molar-refractivity contribution in [3.63, 3.8) is 0 Å². The van der Waals surface area contributed by atoms with Gasteiger partial charge in [-0.05, 0) is 56.5 Å². The SMILES string of the molecule is CCN(CC)C(CC)(CC)C(NN)c1cccc(C)c1C. The van der Waals surface area contributed by atoms with Crippen molar-refractivity contribution in [3.05, 3.63) is 34.9 Å². The number of hydrazine groups is 1. The van der Waals surface area contributed by atoms with E-state index in [1.807, 2.05) is 0 Å². The second-order valence-corrected chi connectivity index (χ2v) is 5.87. The van der Waals surface area contributed by atoms with Crippen LogP contribution in [-0.2, 0) is 0 Å². The zero-order valence-corrected chi connectivity index (χ0v) is 14.7. The molecule has 0 radical (unpaired) electrons.